The third-order valence-electron chi connectivity index (χ3n) is 2.43. The van der Waals surface area contributed by atoms with Gasteiger partial charge in [0.15, 0.2) is 0 Å². The Balaban J connectivity index is 2.19. The standard InChI is InChI=1S/C10H11Cl2N5/c11-7-2-1-6(8(12)4-7)3-9(15-13)10-5-14-17-16-10/h1-2,4-5,9,15H,3,13H2,(H,14,16,17). The summed E-state index contributed by atoms with van der Waals surface area (Å²) in [5.74, 6) is 5.49. The first-order valence-corrected chi connectivity index (χ1v) is 5.72. The van der Waals surface area contributed by atoms with Gasteiger partial charge < -0.3 is 0 Å². The van der Waals surface area contributed by atoms with E-state index in [0.29, 0.717) is 16.5 Å². The summed E-state index contributed by atoms with van der Waals surface area (Å²) in [6.07, 6.45) is 2.23. The third kappa shape index (κ3) is 2.95. The number of nitrogens with one attached hydrogen (secondary N) is 2. The number of hydrogen-bond donors (Lipinski definition) is 3. The minimum absolute atomic E-state index is 0.146. The highest BCUT2D eigenvalue weighted by molar-refractivity contribution is 6.35. The maximum Gasteiger partial charge on any atom is 0.101 e. The quantitative estimate of drug-likeness (QED) is 0.586. The smallest absolute Gasteiger partial charge is 0.101 e. The van der Waals surface area contributed by atoms with E-state index in [0.717, 1.165) is 11.3 Å². The van der Waals surface area contributed by atoms with E-state index in [1.54, 1.807) is 18.3 Å². The number of aromatic amines is 1. The van der Waals surface area contributed by atoms with Gasteiger partial charge >= 0.3 is 0 Å². The van der Waals surface area contributed by atoms with E-state index in [1.165, 1.54) is 0 Å². The van der Waals surface area contributed by atoms with Crippen LogP contribution in [0.15, 0.2) is 24.4 Å². The molecule has 0 fully saturated rings. The van der Waals surface area contributed by atoms with E-state index in [1.807, 2.05) is 6.07 Å². The molecular formula is C10H11Cl2N5. The largest absolute Gasteiger partial charge is 0.271 e. The Hall–Kier alpha value is -1.14. The first kappa shape index (κ1) is 12.3. The van der Waals surface area contributed by atoms with Crippen LogP contribution in [0.2, 0.25) is 10.0 Å². The minimum Gasteiger partial charge on any atom is -0.271 e. The molecule has 0 saturated carbocycles. The molecule has 0 aliphatic rings. The molecule has 17 heavy (non-hydrogen) atoms. The van der Waals surface area contributed by atoms with Crippen LogP contribution in [0, 0.1) is 0 Å². The highest BCUT2D eigenvalue weighted by Crippen LogP contribution is 2.24. The molecule has 1 aromatic carbocycles. The highest BCUT2D eigenvalue weighted by atomic mass is 35.5. The summed E-state index contributed by atoms with van der Waals surface area (Å²) >= 11 is 11.9. The number of benzene rings is 1. The van der Waals surface area contributed by atoms with Crippen molar-refractivity contribution in [3.8, 4) is 0 Å². The molecule has 0 saturated heterocycles. The van der Waals surface area contributed by atoms with E-state index in [2.05, 4.69) is 20.8 Å². The summed E-state index contributed by atoms with van der Waals surface area (Å²) in [4.78, 5) is 0. The summed E-state index contributed by atoms with van der Waals surface area (Å²) in [7, 11) is 0. The van der Waals surface area contributed by atoms with Crippen LogP contribution in [0.3, 0.4) is 0 Å². The molecule has 2 aromatic rings. The lowest BCUT2D eigenvalue weighted by Crippen LogP contribution is -2.30. The predicted molar refractivity (Wildman–Crippen MR) is 66.6 cm³/mol. The Morgan fingerprint density at radius 3 is 2.82 bits per heavy atom. The average Bonchev–Trinajstić information content (AvgIpc) is 2.81. The van der Waals surface area contributed by atoms with Gasteiger partial charge in [-0.2, -0.15) is 15.4 Å². The van der Waals surface area contributed by atoms with Gasteiger partial charge in [-0.1, -0.05) is 29.3 Å². The number of H-pyrrole nitrogens is 1. The van der Waals surface area contributed by atoms with Gasteiger partial charge in [0.1, 0.15) is 5.69 Å². The zero-order valence-corrected chi connectivity index (χ0v) is 10.3. The number of nitrogens with two attached hydrogens (primary N) is 1. The van der Waals surface area contributed by atoms with Crippen LogP contribution in [0.25, 0.3) is 0 Å². The van der Waals surface area contributed by atoms with Crippen LogP contribution in [-0.2, 0) is 6.42 Å². The second-order valence-electron chi connectivity index (χ2n) is 3.55. The number of hydrazine groups is 1. The van der Waals surface area contributed by atoms with Crippen LogP contribution >= 0.6 is 23.2 Å². The van der Waals surface area contributed by atoms with Gasteiger partial charge in [-0.15, -0.1) is 0 Å². The van der Waals surface area contributed by atoms with Crippen molar-refractivity contribution in [1.82, 2.24) is 20.8 Å². The Bertz CT molecular complexity index is 485. The van der Waals surface area contributed by atoms with Crippen molar-refractivity contribution in [2.45, 2.75) is 12.5 Å². The lowest BCUT2D eigenvalue weighted by atomic mass is 10.0. The molecular weight excluding hydrogens is 261 g/mol. The van der Waals surface area contributed by atoms with Gasteiger partial charge in [0.05, 0.1) is 12.2 Å². The number of rotatable bonds is 4. The van der Waals surface area contributed by atoms with Crippen molar-refractivity contribution in [3.63, 3.8) is 0 Å². The summed E-state index contributed by atoms with van der Waals surface area (Å²) in [5, 5.41) is 11.5. The predicted octanol–water partition coefficient (Wildman–Crippen LogP) is 1.86. The summed E-state index contributed by atoms with van der Waals surface area (Å²) in [6, 6.07) is 5.22. The number of aromatic nitrogens is 3. The van der Waals surface area contributed by atoms with Crippen molar-refractivity contribution in [3.05, 3.63) is 45.7 Å². The van der Waals surface area contributed by atoms with E-state index in [-0.39, 0.29) is 6.04 Å². The van der Waals surface area contributed by atoms with Gasteiger partial charge in [0, 0.05) is 10.0 Å². The average molecular weight is 272 g/mol. The molecule has 1 heterocycles. The van der Waals surface area contributed by atoms with Crippen LogP contribution in [0.1, 0.15) is 17.3 Å². The van der Waals surface area contributed by atoms with Crippen molar-refractivity contribution in [2.24, 2.45) is 5.84 Å². The molecule has 0 aliphatic heterocycles. The molecule has 1 atom stereocenters. The molecule has 2 rings (SSSR count). The third-order valence-corrected chi connectivity index (χ3v) is 3.02. The Labute approximate surface area is 108 Å². The number of hydrogen-bond acceptors (Lipinski definition) is 4. The van der Waals surface area contributed by atoms with E-state index >= 15 is 0 Å². The minimum atomic E-state index is -0.146. The van der Waals surface area contributed by atoms with E-state index in [4.69, 9.17) is 29.0 Å². The van der Waals surface area contributed by atoms with Crippen LogP contribution in [-0.4, -0.2) is 15.4 Å². The van der Waals surface area contributed by atoms with Gasteiger partial charge in [0.25, 0.3) is 0 Å². The zero-order valence-electron chi connectivity index (χ0n) is 8.82. The van der Waals surface area contributed by atoms with Crippen molar-refractivity contribution in [2.75, 3.05) is 0 Å². The Morgan fingerprint density at radius 1 is 1.41 bits per heavy atom. The topological polar surface area (TPSA) is 79.6 Å². The lowest BCUT2D eigenvalue weighted by Gasteiger charge is -2.13. The fourth-order valence-electron chi connectivity index (χ4n) is 1.53. The monoisotopic (exact) mass is 271 g/mol. The first-order chi connectivity index (χ1) is 8.20. The van der Waals surface area contributed by atoms with E-state index in [9.17, 15) is 0 Å². The number of halogens is 2. The highest BCUT2D eigenvalue weighted by Gasteiger charge is 2.15. The van der Waals surface area contributed by atoms with Gasteiger partial charge in [-0.3, -0.25) is 11.3 Å². The van der Waals surface area contributed by atoms with Crippen LogP contribution in [0.5, 0.6) is 0 Å². The SMILES string of the molecule is NNC(Cc1ccc(Cl)cc1Cl)c1cn[nH]n1. The molecule has 0 aliphatic carbocycles. The van der Waals surface area contributed by atoms with Crippen LogP contribution < -0.4 is 11.3 Å². The Morgan fingerprint density at radius 2 is 2.24 bits per heavy atom. The normalized spacial score (nSPS) is 12.6. The Kier molecular flexibility index (Phi) is 3.96. The van der Waals surface area contributed by atoms with Gasteiger partial charge in [0.2, 0.25) is 0 Å². The first-order valence-electron chi connectivity index (χ1n) is 4.96. The molecule has 0 radical (unpaired) electrons. The van der Waals surface area contributed by atoms with Crippen molar-refractivity contribution in [1.29, 1.82) is 0 Å². The number of nitrogens with zero attached hydrogens (tertiary/aromatic N) is 2. The second-order valence-corrected chi connectivity index (χ2v) is 4.40. The van der Waals surface area contributed by atoms with Gasteiger partial charge in [-0.05, 0) is 24.1 Å². The molecule has 1 unspecified atom stereocenters. The molecule has 0 amide bonds. The summed E-state index contributed by atoms with van der Waals surface area (Å²) in [5.41, 5.74) is 4.36. The zero-order chi connectivity index (χ0) is 12.3. The fourth-order valence-corrected chi connectivity index (χ4v) is 2.02. The fraction of sp³-hybridized carbons (Fsp3) is 0.200. The summed E-state index contributed by atoms with van der Waals surface area (Å²) < 4.78 is 0. The maximum atomic E-state index is 6.10. The van der Waals surface area contributed by atoms with Crippen LogP contribution in [0.4, 0.5) is 0 Å². The molecule has 5 nitrogen and oxygen atoms in total. The van der Waals surface area contributed by atoms with Gasteiger partial charge in [-0.25, -0.2) is 0 Å². The lowest BCUT2D eigenvalue weighted by molar-refractivity contribution is 0.537. The molecule has 0 bridgehead atoms. The molecule has 4 N–H and O–H groups in total. The molecule has 7 heteroatoms. The molecule has 0 spiro atoms. The van der Waals surface area contributed by atoms with Crippen molar-refractivity contribution < 1.29 is 0 Å². The maximum absolute atomic E-state index is 6.10. The van der Waals surface area contributed by atoms with E-state index < -0.39 is 0 Å². The second kappa shape index (κ2) is 5.46. The summed E-state index contributed by atoms with van der Waals surface area (Å²) in [6.45, 7) is 0. The molecule has 90 valence electrons. The molecule has 1 aromatic heterocycles. The van der Waals surface area contributed by atoms with Crippen molar-refractivity contribution >= 4 is 23.2 Å².